The molecule has 37 heavy (non-hydrogen) atoms. The van der Waals surface area contributed by atoms with Crippen molar-refractivity contribution in [2.24, 2.45) is 5.73 Å². The van der Waals surface area contributed by atoms with Crippen molar-refractivity contribution in [3.05, 3.63) is 53.3 Å². The lowest BCUT2D eigenvalue weighted by atomic mass is 10.1. The van der Waals surface area contributed by atoms with E-state index >= 15 is 4.39 Å². The van der Waals surface area contributed by atoms with Gasteiger partial charge in [-0.05, 0) is 51.2 Å². The number of hydrogen-bond acceptors (Lipinski definition) is 6. The average molecular weight is 506 g/mol. The highest BCUT2D eigenvalue weighted by atomic mass is 19.1. The number of nitrogen functional groups attached to an aromatic ring is 1. The molecule has 1 saturated heterocycles. The first kappa shape index (κ1) is 24.5. The van der Waals surface area contributed by atoms with E-state index in [1.54, 1.807) is 13.0 Å². The van der Waals surface area contributed by atoms with E-state index in [2.05, 4.69) is 28.5 Å². The zero-order valence-corrected chi connectivity index (χ0v) is 20.6. The lowest BCUT2D eigenvalue weighted by molar-refractivity contribution is -0.128. The molecule has 1 aliphatic heterocycles. The van der Waals surface area contributed by atoms with Gasteiger partial charge in [0.15, 0.2) is 5.69 Å². The molecule has 5 N–H and O–H groups in total. The van der Waals surface area contributed by atoms with Gasteiger partial charge < -0.3 is 26.0 Å². The summed E-state index contributed by atoms with van der Waals surface area (Å²) in [6.45, 7) is 7.20. The number of amides is 2. The van der Waals surface area contributed by atoms with E-state index in [1.807, 2.05) is 11.5 Å². The number of fused-ring (bicyclic) bond motifs is 1. The fourth-order valence-corrected chi connectivity index (χ4v) is 5.16. The molecule has 192 valence electrons. The number of aliphatic hydroxyl groups is 1. The summed E-state index contributed by atoms with van der Waals surface area (Å²) in [6.07, 6.45) is 2.83. The number of aliphatic hydroxyl groups excluding tert-OH is 1. The molecule has 3 atom stereocenters. The van der Waals surface area contributed by atoms with Crippen molar-refractivity contribution in [3.8, 4) is 11.8 Å². The summed E-state index contributed by atoms with van der Waals surface area (Å²) in [5.74, 6) is 4.65. The third kappa shape index (κ3) is 4.23. The number of likely N-dealkylation sites (tertiary alicyclic amines) is 1. The Hall–Kier alpha value is -4.17. The number of rotatable bonds is 5. The molecule has 3 heterocycles. The molecular formula is C26H28FN7O3. The van der Waals surface area contributed by atoms with Crippen LogP contribution in [0.3, 0.4) is 0 Å². The van der Waals surface area contributed by atoms with Crippen molar-refractivity contribution in [3.63, 3.8) is 0 Å². The Kier molecular flexibility index (Phi) is 6.00. The van der Waals surface area contributed by atoms with Gasteiger partial charge in [-0.2, -0.15) is 5.10 Å². The van der Waals surface area contributed by atoms with Gasteiger partial charge in [0.25, 0.3) is 5.91 Å². The standard InChI is InChI=1S/C26H28FN7O3/c1-4-23(36)32-12-17(10-21(32)13(2)35)34-25(28)24(26(29)37)19(31-34)8-5-15-9-20-22(11-18(15)27)33(14(3)30-20)16-6-7-16/h4,9,11,13,16-17,21,35H,1,6-7,10,12,28H2,2-3H3,(H2,29,37)/t13-,17+,21-/m1/s1. The fourth-order valence-electron chi connectivity index (χ4n) is 5.16. The first-order valence-electron chi connectivity index (χ1n) is 12.1. The van der Waals surface area contributed by atoms with E-state index in [1.165, 1.54) is 21.7 Å². The summed E-state index contributed by atoms with van der Waals surface area (Å²) in [7, 11) is 0. The first-order chi connectivity index (χ1) is 17.6. The number of carbonyl (C=O) groups excluding carboxylic acids is 2. The zero-order chi connectivity index (χ0) is 26.6. The molecule has 2 aliphatic rings. The summed E-state index contributed by atoms with van der Waals surface area (Å²) < 4.78 is 18.4. The Labute approximate surface area is 212 Å². The van der Waals surface area contributed by atoms with Crippen LogP contribution in [-0.2, 0) is 4.79 Å². The number of nitrogens with zero attached hydrogens (tertiary/aromatic N) is 5. The lowest BCUT2D eigenvalue weighted by Gasteiger charge is -2.25. The topological polar surface area (TPSA) is 145 Å². The number of aryl methyl sites for hydroxylation is 1. The second kappa shape index (κ2) is 9.05. The number of aromatic nitrogens is 4. The summed E-state index contributed by atoms with van der Waals surface area (Å²) in [5, 5.41) is 14.6. The SMILES string of the molecule is C=CC(=O)N1C[C@@H](n2nc(C#Cc3cc4nc(C)n(C5CC5)c4cc3F)c(C(N)=O)c2N)C[C@@H]1[C@@H](C)O. The van der Waals surface area contributed by atoms with Crippen LogP contribution in [0.15, 0.2) is 24.8 Å². The Morgan fingerprint density at radius 2 is 2.03 bits per heavy atom. The van der Waals surface area contributed by atoms with Crippen molar-refractivity contribution in [2.75, 3.05) is 12.3 Å². The zero-order valence-electron chi connectivity index (χ0n) is 20.6. The number of nitrogens with two attached hydrogens (primary N) is 2. The van der Waals surface area contributed by atoms with E-state index in [4.69, 9.17) is 11.5 Å². The number of carbonyl (C=O) groups is 2. The molecule has 11 heteroatoms. The molecule has 0 unspecified atom stereocenters. The average Bonchev–Trinajstić information content (AvgIpc) is 3.35. The highest BCUT2D eigenvalue weighted by Crippen LogP contribution is 2.39. The van der Waals surface area contributed by atoms with Crippen LogP contribution in [0.4, 0.5) is 10.2 Å². The van der Waals surface area contributed by atoms with Gasteiger partial charge >= 0.3 is 0 Å². The summed E-state index contributed by atoms with van der Waals surface area (Å²) in [5.41, 5.74) is 13.2. The maximum atomic E-state index is 15.0. The minimum atomic E-state index is -0.827. The van der Waals surface area contributed by atoms with Crippen LogP contribution >= 0.6 is 0 Å². The van der Waals surface area contributed by atoms with Gasteiger partial charge in [0, 0.05) is 18.7 Å². The highest BCUT2D eigenvalue weighted by Gasteiger charge is 2.39. The van der Waals surface area contributed by atoms with E-state index in [9.17, 15) is 14.7 Å². The third-order valence-corrected chi connectivity index (χ3v) is 7.06. The van der Waals surface area contributed by atoms with Crippen LogP contribution in [0, 0.1) is 24.6 Å². The molecule has 1 saturated carbocycles. The minimum Gasteiger partial charge on any atom is -0.391 e. The monoisotopic (exact) mass is 505 g/mol. The predicted octanol–water partition coefficient (Wildman–Crippen LogP) is 1.80. The molecule has 1 aromatic carbocycles. The lowest BCUT2D eigenvalue weighted by Crippen LogP contribution is -2.40. The summed E-state index contributed by atoms with van der Waals surface area (Å²) >= 11 is 0. The molecule has 2 fully saturated rings. The van der Waals surface area contributed by atoms with Crippen LogP contribution in [-0.4, -0.2) is 59.8 Å². The van der Waals surface area contributed by atoms with E-state index < -0.39 is 29.9 Å². The maximum Gasteiger partial charge on any atom is 0.255 e. The number of hydrogen-bond donors (Lipinski definition) is 3. The van der Waals surface area contributed by atoms with Crippen LogP contribution in [0.5, 0.6) is 0 Å². The van der Waals surface area contributed by atoms with Gasteiger partial charge in [-0.1, -0.05) is 12.5 Å². The van der Waals surface area contributed by atoms with E-state index in [-0.39, 0.29) is 35.1 Å². The molecule has 0 spiro atoms. The van der Waals surface area contributed by atoms with Crippen molar-refractivity contribution in [2.45, 2.75) is 57.3 Å². The quantitative estimate of drug-likeness (QED) is 0.356. The Bertz CT molecular complexity index is 1510. The molecule has 2 amide bonds. The number of halogens is 1. The minimum absolute atomic E-state index is 0.00577. The highest BCUT2D eigenvalue weighted by molar-refractivity contribution is 5.99. The Morgan fingerprint density at radius 1 is 1.30 bits per heavy atom. The number of primary amides is 1. The van der Waals surface area contributed by atoms with Gasteiger partial charge in [0.05, 0.1) is 34.8 Å². The molecule has 0 bridgehead atoms. The van der Waals surface area contributed by atoms with Crippen molar-refractivity contribution >= 4 is 28.7 Å². The predicted molar refractivity (Wildman–Crippen MR) is 135 cm³/mol. The van der Waals surface area contributed by atoms with Crippen molar-refractivity contribution in [1.82, 2.24) is 24.2 Å². The van der Waals surface area contributed by atoms with Gasteiger partial charge in [0.1, 0.15) is 23.0 Å². The number of imidazole rings is 1. The summed E-state index contributed by atoms with van der Waals surface area (Å²) in [6, 6.07) is 2.45. The fraction of sp³-hybridized carbons (Fsp3) is 0.385. The van der Waals surface area contributed by atoms with Crippen LogP contribution in [0.1, 0.15) is 65.7 Å². The van der Waals surface area contributed by atoms with Crippen LogP contribution < -0.4 is 11.5 Å². The molecule has 2 aromatic heterocycles. The number of benzene rings is 1. The Morgan fingerprint density at radius 3 is 2.65 bits per heavy atom. The maximum absolute atomic E-state index is 15.0. The largest absolute Gasteiger partial charge is 0.391 e. The second-order valence-electron chi connectivity index (χ2n) is 9.64. The molecule has 5 rings (SSSR count). The van der Waals surface area contributed by atoms with Crippen LogP contribution in [0.25, 0.3) is 11.0 Å². The van der Waals surface area contributed by atoms with Gasteiger partial charge in [-0.15, -0.1) is 0 Å². The first-order valence-corrected chi connectivity index (χ1v) is 12.1. The van der Waals surface area contributed by atoms with E-state index in [0.717, 1.165) is 24.2 Å². The van der Waals surface area contributed by atoms with Crippen molar-refractivity contribution < 1.29 is 19.1 Å². The van der Waals surface area contributed by atoms with Gasteiger partial charge in [-0.25, -0.2) is 14.1 Å². The normalized spacial score (nSPS) is 20.1. The van der Waals surface area contributed by atoms with Crippen LogP contribution in [0.2, 0.25) is 0 Å². The number of anilines is 1. The van der Waals surface area contributed by atoms with E-state index in [0.29, 0.717) is 18.0 Å². The third-order valence-electron chi connectivity index (χ3n) is 7.06. The molecule has 0 radical (unpaired) electrons. The molecule has 10 nitrogen and oxygen atoms in total. The summed E-state index contributed by atoms with van der Waals surface area (Å²) in [4.78, 5) is 30.6. The Balaban J connectivity index is 1.51. The van der Waals surface area contributed by atoms with Crippen molar-refractivity contribution in [1.29, 1.82) is 0 Å². The van der Waals surface area contributed by atoms with Gasteiger partial charge in [0.2, 0.25) is 5.91 Å². The van der Waals surface area contributed by atoms with Gasteiger partial charge in [-0.3, -0.25) is 9.59 Å². The molecular weight excluding hydrogens is 477 g/mol. The second-order valence-corrected chi connectivity index (χ2v) is 9.64. The molecule has 3 aromatic rings. The molecule has 1 aliphatic carbocycles. The smallest absolute Gasteiger partial charge is 0.255 e.